The van der Waals surface area contributed by atoms with Crippen molar-refractivity contribution < 1.29 is 9.72 Å². The van der Waals surface area contributed by atoms with E-state index in [1.807, 2.05) is 0 Å². The first kappa shape index (κ1) is 16.4. The van der Waals surface area contributed by atoms with Gasteiger partial charge in [-0.05, 0) is 30.9 Å². The molecule has 1 unspecified atom stereocenters. The second-order valence-corrected chi connectivity index (χ2v) is 5.81. The first-order chi connectivity index (χ1) is 9.31. The molecule has 0 fully saturated rings. The van der Waals surface area contributed by atoms with Crippen molar-refractivity contribution in [1.82, 2.24) is 5.32 Å². The van der Waals surface area contributed by atoms with Gasteiger partial charge in [-0.1, -0.05) is 13.8 Å². The minimum Gasteiger partial charge on any atom is -0.351 e. The lowest BCUT2D eigenvalue weighted by atomic mass is 10.1. The van der Waals surface area contributed by atoms with E-state index in [4.69, 9.17) is 11.6 Å². The molecule has 1 aromatic carbocycles. The Morgan fingerprint density at radius 2 is 2.10 bits per heavy atom. The maximum absolute atomic E-state index is 12.0. The first-order valence-corrected chi connectivity index (χ1v) is 6.92. The Morgan fingerprint density at radius 3 is 2.60 bits per heavy atom. The zero-order valence-corrected chi connectivity index (χ0v) is 12.6. The topological polar surface area (TPSA) is 72.2 Å². The van der Waals surface area contributed by atoms with E-state index in [1.54, 1.807) is 6.92 Å². The molecule has 1 atom stereocenters. The van der Waals surface area contributed by atoms with E-state index in [0.717, 1.165) is 6.42 Å². The summed E-state index contributed by atoms with van der Waals surface area (Å²) >= 11 is 6.11. The summed E-state index contributed by atoms with van der Waals surface area (Å²) in [4.78, 5) is 22.2. The second-order valence-electron chi connectivity index (χ2n) is 5.19. The van der Waals surface area contributed by atoms with E-state index in [-0.39, 0.29) is 17.0 Å². The lowest BCUT2D eigenvalue weighted by molar-refractivity contribution is -0.384. The average Bonchev–Trinajstić information content (AvgIpc) is 2.34. The van der Waals surface area contributed by atoms with Gasteiger partial charge in [0.15, 0.2) is 0 Å². The van der Waals surface area contributed by atoms with Crippen LogP contribution in [0.15, 0.2) is 18.2 Å². The number of aryl methyl sites for hydroxylation is 1. The van der Waals surface area contributed by atoms with Crippen molar-refractivity contribution in [3.63, 3.8) is 0 Å². The van der Waals surface area contributed by atoms with Gasteiger partial charge in [-0.2, -0.15) is 0 Å². The largest absolute Gasteiger partial charge is 0.351 e. The van der Waals surface area contributed by atoms with Crippen LogP contribution < -0.4 is 5.32 Å². The summed E-state index contributed by atoms with van der Waals surface area (Å²) in [5.74, 6) is 0.210. The highest BCUT2D eigenvalue weighted by atomic mass is 35.5. The Morgan fingerprint density at radius 1 is 1.45 bits per heavy atom. The highest BCUT2D eigenvalue weighted by Gasteiger charge is 2.15. The minimum absolute atomic E-state index is 0.0194. The van der Waals surface area contributed by atoms with E-state index >= 15 is 0 Å². The van der Waals surface area contributed by atoms with Crippen molar-refractivity contribution in [2.75, 3.05) is 6.54 Å². The number of nitro groups is 1. The molecule has 0 bridgehead atoms. The number of hydrogen-bond donors (Lipinski definition) is 1. The zero-order valence-electron chi connectivity index (χ0n) is 11.9. The van der Waals surface area contributed by atoms with Gasteiger partial charge < -0.3 is 5.32 Å². The fraction of sp³-hybridized carbons (Fsp3) is 0.500. The van der Waals surface area contributed by atoms with Gasteiger partial charge in [-0.25, -0.2) is 0 Å². The number of rotatable bonds is 6. The Labute approximate surface area is 123 Å². The number of benzene rings is 1. The predicted octanol–water partition coefficient (Wildman–Crippen LogP) is 3.29. The first-order valence-electron chi connectivity index (χ1n) is 6.48. The van der Waals surface area contributed by atoms with E-state index in [2.05, 4.69) is 19.2 Å². The molecule has 6 heteroatoms. The van der Waals surface area contributed by atoms with Crippen LogP contribution in [0.3, 0.4) is 0 Å². The predicted molar refractivity (Wildman–Crippen MR) is 79.3 cm³/mol. The number of amides is 1. The molecule has 0 aliphatic heterocycles. The number of nitrogens with zero attached hydrogens (tertiary/aromatic N) is 1. The normalized spacial score (nSPS) is 12.2. The third-order valence-electron chi connectivity index (χ3n) is 2.88. The van der Waals surface area contributed by atoms with Crippen LogP contribution in [0.5, 0.6) is 0 Å². The summed E-state index contributed by atoms with van der Waals surface area (Å²) in [6, 6.07) is 4.18. The Kier molecular flexibility index (Phi) is 5.95. The maximum Gasteiger partial charge on any atom is 0.269 e. The summed E-state index contributed by atoms with van der Waals surface area (Å²) in [5, 5.41) is 13.3. The van der Waals surface area contributed by atoms with E-state index in [9.17, 15) is 14.9 Å². The summed E-state index contributed by atoms with van der Waals surface area (Å²) in [6.07, 6.45) is 0.821. The van der Waals surface area contributed by atoms with Crippen molar-refractivity contribution in [2.24, 2.45) is 5.92 Å². The lowest BCUT2D eigenvalue weighted by Gasteiger charge is -2.13. The van der Waals surface area contributed by atoms with Gasteiger partial charge in [0.25, 0.3) is 11.6 Å². The maximum atomic E-state index is 12.0. The zero-order chi connectivity index (χ0) is 15.3. The highest BCUT2D eigenvalue weighted by molar-refractivity contribution is 6.21. The van der Waals surface area contributed by atoms with Gasteiger partial charge >= 0.3 is 0 Å². The standard InChI is InChI=1S/C14H19ClN2O3/c1-9(2)6-11(15)8-16-14(18)13-5-4-12(17(19)20)7-10(13)3/h4-5,7,9,11H,6,8H2,1-3H3,(H,16,18). The molecular weight excluding hydrogens is 280 g/mol. The summed E-state index contributed by atoms with van der Waals surface area (Å²) in [7, 11) is 0. The van der Waals surface area contributed by atoms with Gasteiger partial charge in [0, 0.05) is 24.2 Å². The van der Waals surface area contributed by atoms with Crippen LogP contribution in [-0.2, 0) is 0 Å². The number of nitro benzene ring substituents is 1. The number of alkyl halides is 1. The molecule has 0 saturated carbocycles. The number of carbonyl (C=O) groups is 1. The van der Waals surface area contributed by atoms with Crippen LogP contribution in [0.4, 0.5) is 5.69 Å². The molecule has 0 heterocycles. The van der Waals surface area contributed by atoms with Crippen LogP contribution in [0, 0.1) is 23.0 Å². The molecule has 1 amide bonds. The molecule has 0 radical (unpaired) electrons. The molecule has 0 aliphatic rings. The number of halogens is 1. The smallest absolute Gasteiger partial charge is 0.269 e. The Balaban J connectivity index is 2.66. The molecule has 0 spiro atoms. The van der Waals surface area contributed by atoms with E-state index < -0.39 is 4.92 Å². The fourth-order valence-corrected chi connectivity index (χ4v) is 2.34. The molecule has 20 heavy (non-hydrogen) atoms. The number of non-ortho nitro benzene ring substituents is 1. The van der Waals surface area contributed by atoms with Crippen molar-refractivity contribution in [3.8, 4) is 0 Å². The quantitative estimate of drug-likeness (QED) is 0.497. The van der Waals surface area contributed by atoms with Crippen LogP contribution in [0.1, 0.15) is 36.2 Å². The number of hydrogen-bond acceptors (Lipinski definition) is 3. The fourth-order valence-electron chi connectivity index (χ4n) is 1.91. The van der Waals surface area contributed by atoms with Crippen molar-refractivity contribution in [1.29, 1.82) is 0 Å². The van der Waals surface area contributed by atoms with Gasteiger partial charge in [-0.15, -0.1) is 11.6 Å². The third kappa shape index (κ3) is 4.81. The van der Waals surface area contributed by atoms with Gasteiger partial charge in [-0.3, -0.25) is 14.9 Å². The molecule has 1 rings (SSSR count). The van der Waals surface area contributed by atoms with Crippen LogP contribution >= 0.6 is 11.6 Å². The van der Waals surface area contributed by atoms with Gasteiger partial charge in [0.05, 0.1) is 10.3 Å². The van der Waals surface area contributed by atoms with Crippen molar-refractivity contribution in [2.45, 2.75) is 32.6 Å². The average molecular weight is 299 g/mol. The molecule has 110 valence electrons. The Hall–Kier alpha value is -1.62. The molecular formula is C14H19ClN2O3. The van der Waals surface area contributed by atoms with Crippen LogP contribution in [0.25, 0.3) is 0 Å². The van der Waals surface area contributed by atoms with Crippen molar-refractivity contribution >= 4 is 23.2 Å². The second kappa shape index (κ2) is 7.24. The van der Waals surface area contributed by atoms with E-state index in [0.29, 0.717) is 23.6 Å². The van der Waals surface area contributed by atoms with Gasteiger partial charge in [0.1, 0.15) is 0 Å². The summed E-state index contributed by atoms with van der Waals surface area (Å²) in [6.45, 7) is 6.19. The molecule has 0 aliphatic carbocycles. The lowest BCUT2D eigenvalue weighted by Crippen LogP contribution is -2.30. The van der Waals surface area contributed by atoms with Gasteiger partial charge in [0.2, 0.25) is 0 Å². The Bertz CT molecular complexity index is 503. The summed E-state index contributed by atoms with van der Waals surface area (Å²) in [5.41, 5.74) is 0.991. The summed E-state index contributed by atoms with van der Waals surface area (Å²) < 4.78 is 0. The van der Waals surface area contributed by atoms with Crippen molar-refractivity contribution in [3.05, 3.63) is 39.4 Å². The van der Waals surface area contributed by atoms with Crippen LogP contribution in [-0.4, -0.2) is 22.8 Å². The monoisotopic (exact) mass is 298 g/mol. The number of carbonyl (C=O) groups excluding carboxylic acids is 1. The molecule has 1 N–H and O–H groups in total. The van der Waals surface area contributed by atoms with E-state index in [1.165, 1.54) is 18.2 Å². The van der Waals surface area contributed by atoms with Crippen LogP contribution in [0.2, 0.25) is 0 Å². The number of nitrogens with one attached hydrogen (secondary N) is 1. The SMILES string of the molecule is Cc1cc([N+](=O)[O-])ccc1C(=O)NCC(Cl)CC(C)C. The highest BCUT2D eigenvalue weighted by Crippen LogP contribution is 2.17. The molecule has 1 aromatic rings. The third-order valence-corrected chi connectivity index (χ3v) is 3.21. The molecule has 0 aromatic heterocycles. The minimum atomic E-state index is -0.480. The molecule has 5 nitrogen and oxygen atoms in total. The molecule has 0 saturated heterocycles.